The molecule has 1 aromatic heterocycles. The first-order valence-corrected chi connectivity index (χ1v) is 9.79. The Bertz CT molecular complexity index is 1070. The summed E-state index contributed by atoms with van der Waals surface area (Å²) in [5, 5.41) is 11.4. The average Bonchev–Trinajstić information content (AvgIpc) is 3.06. The quantitative estimate of drug-likeness (QED) is 0.420. The van der Waals surface area contributed by atoms with E-state index in [9.17, 15) is 9.90 Å². The maximum absolute atomic E-state index is 11.6. The van der Waals surface area contributed by atoms with Gasteiger partial charge in [0, 0.05) is 11.5 Å². The molecule has 7 heteroatoms. The molecular weight excluding hydrogens is 384 g/mol. The molecule has 0 bridgehead atoms. The third-order valence-electron chi connectivity index (χ3n) is 4.76. The average molecular weight is 410 g/mol. The summed E-state index contributed by atoms with van der Waals surface area (Å²) in [6.45, 7) is 4.13. The number of aliphatic imine (C=N–C) groups is 1. The van der Waals surface area contributed by atoms with Crippen molar-refractivity contribution in [3.05, 3.63) is 47.5 Å². The van der Waals surface area contributed by atoms with Crippen LogP contribution in [0.5, 0.6) is 17.4 Å². The Balaban J connectivity index is 1.97. The maximum atomic E-state index is 11.6. The molecule has 30 heavy (non-hydrogen) atoms. The van der Waals surface area contributed by atoms with Crippen LogP contribution < -0.4 is 9.47 Å². The zero-order valence-corrected chi connectivity index (χ0v) is 17.6. The van der Waals surface area contributed by atoms with E-state index in [2.05, 4.69) is 4.98 Å². The van der Waals surface area contributed by atoms with Crippen molar-refractivity contribution >= 4 is 28.3 Å². The summed E-state index contributed by atoms with van der Waals surface area (Å²) in [5.41, 5.74) is 3.67. The second-order valence-corrected chi connectivity index (χ2v) is 6.66. The smallest absolute Gasteiger partial charge is 0.310 e. The second kappa shape index (κ2) is 9.35. The highest BCUT2D eigenvalue weighted by Crippen LogP contribution is 2.37. The van der Waals surface area contributed by atoms with Gasteiger partial charge in [-0.1, -0.05) is 19.1 Å². The van der Waals surface area contributed by atoms with Crippen molar-refractivity contribution in [3.63, 3.8) is 0 Å². The number of methoxy groups -OCH3 is 2. The molecule has 0 aliphatic heterocycles. The van der Waals surface area contributed by atoms with Crippen LogP contribution in [0.4, 0.5) is 5.69 Å². The Morgan fingerprint density at radius 1 is 1.07 bits per heavy atom. The van der Waals surface area contributed by atoms with Gasteiger partial charge in [-0.3, -0.25) is 9.79 Å². The molecule has 2 N–H and O–H groups in total. The lowest BCUT2D eigenvalue weighted by Gasteiger charge is -2.09. The summed E-state index contributed by atoms with van der Waals surface area (Å²) in [5.74, 6) is 0.935. The van der Waals surface area contributed by atoms with Crippen molar-refractivity contribution in [3.8, 4) is 17.4 Å². The first-order valence-electron chi connectivity index (χ1n) is 9.79. The predicted octanol–water partition coefficient (Wildman–Crippen LogP) is 4.53. The van der Waals surface area contributed by atoms with E-state index < -0.39 is 0 Å². The number of hydrogen-bond acceptors (Lipinski definition) is 6. The van der Waals surface area contributed by atoms with Gasteiger partial charge < -0.3 is 24.3 Å². The minimum Gasteiger partial charge on any atom is -0.494 e. The molecule has 3 rings (SSSR count). The third kappa shape index (κ3) is 4.40. The number of nitrogens with zero attached hydrogens (tertiary/aromatic N) is 1. The van der Waals surface area contributed by atoms with E-state index in [0.29, 0.717) is 30.1 Å². The fraction of sp³-hybridized carbons (Fsp3) is 0.304. The molecular formula is C23H26N2O5. The summed E-state index contributed by atoms with van der Waals surface area (Å²) in [6.07, 6.45) is 0.836. The topological polar surface area (TPSA) is 93.1 Å². The molecule has 2 aromatic carbocycles. The number of benzene rings is 2. The van der Waals surface area contributed by atoms with Crippen LogP contribution in [-0.2, 0) is 16.0 Å². The molecule has 158 valence electrons. The van der Waals surface area contributed by atoms with E-state index in [1.54, 1.807) is 27.2 Å². The van der Waals surface area contributed by atoms with Crippen molar-refractivity contribution in [2.45, 2.75) is 26.7 Å². The second-order valence-electron chi connectivity index (χ2n) is 6.66. The highest BCUT2D eigenvalue weighted by Gasteiger charge is 2.18. The molecule has 0 fully saturated rings. The third-order valence-corrected chi connectivity index (χ3v) is 4.76. The Morgan fingerprint density at radius 3 is 2.33 bits per heavy atom. The fourth-order valence-corrected chi connectivity index (χ4v) is 3.33. The van der Waals surface area contributed by atoms with Crippen molar-refractivity contribution in [1.29, 1.82) is 0 Å². The number of aromatic amines is 1. The van der Waals surface area contributed by atoms with Gasteiger partial charge in [-0.15, -0.1) is 0 Å². The van der Waals surface area contributed by atoms with Crippen molar-refractivity contribution in [2.24, 2.45) is 4.99 Å². The van der Waals surface area contributed by atoms with E-state index in [1.165, 1.54) is 0 Å². The molecule has 0 spiro atoms. The van der Waals surface area contributed by atoms with Crippen LogP contribution in [0.3, 0.4) is 0 Å². The Hall–Kier alpha value is -3.48. The monoisotopic (exact) mass is 410 g/mol. The van der Waals surface area contributed by atoms with Gasteiger partial charge in [-0.25, -0.2) is 0 Å². The number of nitrogens with one attached hydrogen (secondary N) is 1. The SMILES string of the molecule is CCOC(=O)Cc1ccc(N=C(CC)c2c(O)[nH]c3cc(OC)c(OC)cc23)cc1. The lowest BCUT2D eigenvalue weighted by Crippen LogP contribution is -2.07. The van der Waals surface area contributed by atoms with Gasteiger partial charge in [0.15, 0.2) is 17.4 Å². The van der Waals surface area contributed by atoms with Crippen LogP contribution in [0.25, 0.3) is 10.9 Å². The number of aromatic nitrogens is 1. The molecule has 0 atom stereocenters. The summed E-state index contributed by atoms with van der Waals surface area (Å²) in [7, 11) is 3.14. The first kappa shape index (κ1) is 21.2. The van der Waals surface area contributed by atoms with Crippen LogP contribution in [0.15, 0.2) is 41.4 Å². The number of hydrogen-bond donors (Lipinski definition) is 2. The van der Waals surface area contributed by atoms with Crippen molar-refractivity contribution in [2.75, 3.05) is 20.8 Å². The maximum Gasteiger partial charge on any atom is 0.310 e. The van der Waals surface area contributed by atoms with E-state index in [0.717, 1.165) is 27.9 Å². The molecule has 1 heterocycles. The predicted molar refractivity (Wildman–Crippen MR) is 116 cm³/mol. The number of aromatic hydroxyl groups is 1. The molecule has 3 aromatic rings. The normalized spacial score (nSPS) is 11.5. The first-order chi connectivity index (χ1) is 14.5. The van der Waals surface area contributed by atoms with Crippen LogP contribution in [-0.4, -0.2) is 42.6 Å². The van der Waals surface area contributed by atoms with Crippen LogP contribution in [0, 0.1) is 0 Å². The van der Waals surface area contributed by atoms with Gasteiger partial charge in [0.2, 0.25) is 0 Å². The van der Waals surface area contributed by atoms with Gasteiger partial charge in [0.25, 0.3) is 0 Å². The summed E-state index contributed by atoms with van der Waals surface area (Å²) in [4.78, 5) is 19.4. The van der Waals surface area contributed by atoms with Gasteiger partial charge >= 0.3 is 5.97 Å². The number of carbonyl (C=O) groups is 1. The van der Waals surface area contributed by atoms with Crippen LogP contribution >= 0.6 is 0 Å². The van der Waals surface area contributed by atoms with Gasteiger partial charge in [-0.05, 0) is 37.1 Å². The summed E-state index contributed by atoms with van der Waals surface area (Å²) in [6, 6.07) is 11.0. The molecule has 0 radical (unpaired) electrons. The van der Waals surface area contributed by atoms with Crippen LogP contribution in [0.1, 0.15) is 31.4 Å². The number of ether oxygens (including phenoxy) is 3. The molecule has 0 aliphatic carbocycles. The summed E-state index contributed by atoms with van der Waals surface area (Å²) < 4.78 is 15.7. The lowest BCUT2D eigenvalue weighted by atomic mass is 10.1. The zero-order chi connectivity index (χ0) is 21.7. The van der Waals surface area contributed by atoms with E-state index in [4.69, 9.17) is 19.2 Å². The standard InChI is InChI=1S/C23H26N2O5/c1-5-17(24-15-9-7-14(8-10-15)11-21(26)30-6-2)22-16-12-19(28-3)20(29-4)13-18(16)25-23(22)27/h7-10,12-13,25,27H,5-6,11H2,1-4H3. The number of carbonyl (C=O) groups excluding carboxylic acids is 1. The molecule has 7 nitrogen and oxygen atoms in total. The molecule has 0 unspecified atom stereocenters. The molecule has 0 aliphatic rings. The zero-order valence-electron chi connectivity index (χ0n) is 17.6. The van der Waals surface area contributed by atoms with Crippen molar-refractivity contribution < 1.29 is 24.1 Å². The number of H-pyrrole nitrogens is 1. The molecule has 0 saturated carbocycles. The lowest BCUT2D eigenvalue weighted by molar-refractivity contribution is -0.142. The van der Waals surface area contributed by atoms with E-state index in [1.807, 2.05) is 37.3 Å². The van der Waals surface area contributed by atoms with E-state index in [-0.39, 0.29) is 18.3 Å². The van der Waals surface area contributed by atoms with Crippen molar-refractivity contribution in [1.82, 2.24) is 4.98 Å². The van der Waals surface area contributed by atoms with Crippen LogP contribution in [0.2, 0.25) is 0 Å². The summed E-state index contributed by atoms with van der Waals surface area (Å²) >= 11 is 0. The Morgan fingerprint density at radius 2 is 1.73 bits per heavy atom. The minimum atomic E-state index is -0.254. The van der Waals surface area contributed by atoms with Gasteiger partial charge in [0.05, 0.1) is 49.7 Å². The largest absolute Gasteiger partial charge is 0.494 e. The fourth-order valence-electron chi connectivity index (χ4n) is 3.33. The number of esters is 1. The van der Waals surface area contributed by atoms with Gasteiger partial charge in [0.1, 0.15) is 0 Å². The Labute approximate surface area is 175 Å². The minimum absolute atomic E-state index is 0.0415. The number of rotatable bonds is 8. The highest BCUT2D eigenvalue weighted by molar-refractivity contribution is 6.14. The highest BCUT2D eigenvalue weighted by atomic mass is 16.5. The van der Waals surface area contributed by atoms with E-state index >= 15 is 0 Å². The molecule has 0 saturated heterocycles. The number of fused-ring (bicyclic) bond motifs is 1. The van der Waals surface area contributed by atoms with Gasteiger partial charge in [-0.2, -0.15) is 0 Å². The molecule has 0 amide bonds. The Kier molecular flexibility index (Phi) is 6.61.